The summed E-state index contributed by atoms with van der Waals surface area (Å²) in [6, 6.07) is 7.74. The van der Waals surface area contributed by atoms with Crippen LogP contribution in [-0.2, 0) is 0 Å². The van der Waals surface area contributed by atoms with E-state index in [2.05, 4.69) is 6.92 Å². The number of hydrogen-bond donors (Lipinski definition) is 0. The van der Waals surface area contributed by atoms with E-state index in [9.17, 15) is 4.79 Å². The molecule has 1 aromatic carbocycles. The molecule has 0 aromatic heterocycles. The van der Waals surface area contributed by atoms with Gasteiger partial charge >= 0.3 is 0 Å². The van der Waals surface area contributed by atoms with Gasteiger partial charge in [-0.3, -0.25) is 4.79 Å². The number of Topliss-reactive ketones (excluding diaryl/α,β-unsaturated/α-hetero) is 1. The standard InChI is InChI=1S/C10H12OS/c1-3-12-10-6-4-5-9(7-10)8(2)11/h4-7H,3H2,1-2H3. The first-order valence-electron chi connectivity index (χ1n) is 3.98. The molecule has 12 heavy (non-hydrogen) atoms. The lowest BCUT2D eigenvalue weighted by Gasteiger charge is -1.99. The number of thioether (sulfide) groups is 1. The van der Waals surface area contributed by atoms with E-state index in [4.69, 9.17) is 0 Å². The van der Waals surface area contributed by atoms with Crippen LogP contribution in [0.4, 0.5) is 0 Å². The van der Waals surface area contributed by atoms with Gasteiger partial charge in [-0.1, -0.05) is 19.1 Å². The maximum absolute atomic E-state index is 11.0. The molecule has 0 amide bonds. The number of carbonyl (C=O) groups is 1. The fraction of sp³-hybridized carbons (Fsp3) is 0.300. The number of ketones is 1. The van der Waals surface area contributed by atoms with E-state index in [1.807, 2.05) is 24.3 Å². The van der Waals surface area contributed by atoms with E-state index < -0.39 is 0 Å². The number of benzene rings is 1. The highest BCUT2D eigenvalue weighted by Gasteiger charge is 1.99. The molecule has 2 heteroatoms. The van der Waals surface area contributed by atoms with Crippen LogP contribution in [0.3, 0.4) is 0 Å². The van der Waals surface area contributed by atoms with E-state index in [-0.39, 0.29) is 5.78 Å². The lowest BCUT2D eigenvalue weighted by atomic mass is 10.2. The summed E-state index contributed by atoms with van der Waals surface area (Å²) in [6.45, 7) is 3.70. The molecule has 0 aliphatic heterocycles. The molecule has 1 nitrogen and oxygen atoms in total. The summed E-state index contributed by atoms with van der Waals surface area (Å²) in [6.07, 6.45) is 0. The Bertz CT molecular complexity index is 281. The molecule has 0 fully saturated rings. The van der Waals surface area contributed by atoms with Crippen molar-refractivity contribution in [2.24, 2.45) is 0 Å². The van der Waals surface area contributed by atoms with Crippen LogP contribution in [0.15, 0.2) is 29.2 Å². The quantitative estimate of drug-likeness (QED) is 0.525. The van der Waals surface area contributed by atoms with Crippen molar-refractivity contribution in [3.63, 3.8) is 0 Å². The highest BCUT2D eigenvalue weighted by atomic mass is 32.2. The highest BCUT2D eigenvalue weighted by Crippen LogP contribution is 2.18. The topological polar surface area (TPSA) is 17.1 Å². The Balaban J connectivity index is 2.88. The summed E-state index contributed by atoms with van der Waals surface area (Å²) in [7, 11) is 0. The van der Waals surface area contributed by atoms with Crippen LogP contribution in [0.1, 0.15) is 24.2 Å². The fourth-order valence-corrected chi connectivity index (χ4v) is 1.69. The van der Waals surface area contributed by atoms with Gasteiger partial charge in [0.15, 0.2) is 5.78 Å². The van der Waals surface area contributed by atoms with Crippen molar-refractivity contribution in [3.8, 4) is 0 Å². The zero-order valence-electron chi connectivity index (χ0n) is 7.33. The maximum Gasteiger partial charge on any atom is 0.159 e. The molecular weight excluding hydrogens is 168 g/mol. The number of rotatable bonds is 3. The molecule has 0 N–H and O–H groups in total. The van der Waals surface area contributed by atoms with Gasteiger partial charge in [0.2, 0.25) is 0 Å². The Hall–Kier alpha value is -0.760. The molecule has 0 saturated heterocycles. The molecule has 0 aliphatic rings. The van der Waals surface area contributed by atoms with Gasteiger partial charge in [0.05, 0.1) is 0 Å². The second kappa shape index (κ2) is 4.31. The molecule has 0 saturated carbocycles. The molecule has 0 unspecified atom stereocenters. The van der Waals surface area contributed by atoms with E-state index in [0.29, 0.717) is 0 Å². The minimum Gasteiger partial charge on any atom is -0.295 e. The van der Waals surface area contributed by atoms with Gasteiger partial charge in [0.1, 0.15) is 0 Å². The Morgan fingerprint density at radius 1 is 1.50 bits per heavy atom. The van der Waals surface area contributed by atoms with E-state index in [1.54, 1.807) is 18.7 Å². The lowest BCUT2D eigenvalue weighted by Crippen LogP contribution is -1.90. The van der Waals surface area contributed by atoms with E-state index >= 15 is 0 Å². The van der Waals surface area contributed by atoms with Gasteiger partial charge in [0.25, 0.3) is 0 Å². The molecule has 0 aliphatic carbocycles. The zero-order valence-corrected chi connectivity index (χ0v) is 8.15. The summed E-state index contributed by atoms with van der Waals surface area (Å²) in [4.78, 5) is 12.2. The number of carbonyl (C=O) groups excluding carboxylic acids is 1. The number of hydrogen-bond acceptors (Lipinski definition) is 2. The molecule has 1 aromatic rings. The summed E-state index contributed by atoms with van der Waals surface area (Å²) in [5, 5.41) is 0. The fourth-order valence-electron chi connectivity index (χ4n) is 0.972. The Labute approximate surface area is 77.2 Å². The summed E-state index contributed by atoms with van der Waals surface area (Å²) in [5.41, 5.74) is 0.799. The molecule has 0 spiro atoms. The van der Waals surface area contributed by atoms with Crippen molar-refractivity contribution in [2.45, 2.75) is 18.7 Å². The monoisotopic (exact) mass is 180 g/mol. The first-order valence-corrected chi connectivity index (χ1v) is 4.96. The first kappa shape index (κ1) is 9.33. The minimum absolute atomic E-state index is 0.133. The van der Waals surface area contributed by atoms with E-state index in [1.165, 1.54) is 4.90 Å². The minimum atomic E-state index is 0.133. The smallest absolute Gasteiger partial charge is 0.159 e. The largest absolute Gasteiger partial charge is 0.295 e. The molecule has 0 heterocycles. The third-order valence-electron chi connectivity index (χ3n) is 1.55. The molecule has 0 radical (unpaired) electrons. The normalized spacial score (nSPS) is 9.83. The van der Waals surface area contributed by atoms with Crippen molar-refractivity contribution in [1.82, 2.24) is 0 Å². The van der Waals surface area contributed by atoms with Crippen LogP contribution in [0, 0.1) is 0 Å². The van der Waals surface area contributed by atoms with Crippen molar-refractivity contribution in [3.05, 3.63) is 29.8 Å². The predicted octanol–water partition coefficient (Wildman–Crippen LogP) is 3.00. The van der Waals surface area contributed by atoms with Crippen LogP contribution in [0.25, 0.3) is 0 Å². The zero-order chi connectivity index (χ0) is 8.97. The summed E-state index contributed by atoms with van der Waals surface area (Å²) in [5.74, 6) is 1.18. The lowest BCUT2D eigenvalue weighted by molar-refractivity contribution is 0.101. The van der Waals surface area contributed by atoms with Crippen molar-refractivity contribution >= 4 is 17.5 Å². The van der Waals surface area contributed by atoms with Gasteiger partial charge in [0, 0.05) is 10.5 Å². The van der Waals surface area contributed by atoms with Gasteiger partial charge in [-0.2, -0.15) is 0 Å². The Morgan fingerprint density at radius 2 is 2.25 bits per heavy atom. The van der Waals surface area contributed by atoms with Crippen LogP contribution >= 0.6 is 11.8 Å². The van der Waals surface area contributed by atoms with Gasteiger partial charge in [-0.25, -0.2) is 0 Å². The van der Waals surface area contributed by atoms with Gasteiger partial charge < -0.3 is 0 Å². The van der Waals surface area contributed by atoms with Crippen molar-refractivity contribution in [1.29, 1.82) is 0 Å². The van der Waals surface area contributed by atoms with Crippen molar-refractivity contribution in [2.75, 3.05) is 5.75 Å². The van der Waals surface area contributed by atoms with Crippen LogP contribution < -0.4 is 0 Å². The second-order valence-corrected chi connectivity index (χ2v) is 3.85. The van der Waals surface area contributed by atoms with Gasteiger partial charge in [-0.05, 0) is 24.8 Å². The average molecular weight is 180 g/mol. The van der Waals surface area contributed by atoms with Crippen LogP contribution in [0.5, 0.6) is 0 Å². The predicted molar refractivity (Wildman–Crippen MR) is 52.8 cm³/mol. The maximum atomic E-state index is 11.0. The first-order chi connectivity index (χ1) is 5.74. The Morgan fingerprint density at radius 3 is 2.83 bits per heavy atom. The third-order valence-corrected chi connectivity index (χ3v) is 2.43. The van der Waals surface area contributed by atoms with E-state index in [0.717, 1.165) is 11.3 Å². The third kappa shape index (κ3) is 2.38. The highest BCUT2D eigenvalue weighted by molar-refractivity contribution is 7.99. The average Bonchev–Trinajstić information content (AvgIpc) is 2.05. The molecular formula is C10H12OS. The van der Waals surface area contributed by atoms with Gasteiger partial charge in [-0.15, -0.1) is 11.8 Å². The molecule has 0 bridgehead atoms. The second-order valence-electron chi connectivity index (χ2n) is 2.52. The Kier molecular flexibility index (Phi) is 3.35. The molecule has 0 atom stereocenters. The summed E-state index contributed by atoms with van der Waals surface area (Å²) >= 11 is 1.75. The van der Waals surface area contributed by atoms with Crippen LogP contribution in [0.2, 0.25) is 0 Å². The molecule has 64 valence electrons. The summed E-state index contributed by atoms with van der Waals surface area (Å²) < 4.78 is 0. The SMILES string of the molecule is CCSc1cccc(C(C)=O)c1. The molecule has 1 rings (SSSR count). The van der Waals surface area contributed by atoms with Crippen LogP contribution in [-0.4, -0.2) is 11.5 Å². The van der Waals surface area contributed by atoms with Crippen molar-refractivity contribution < 1.29 is 4.79 Å².